The molecular formula is C19H23ClN2O4. The molecule has 1 heterocycles. The second kappa shape index (κ2) is 7.83. The van der Waals surface area contributed by atoms with Crippen molar-refractivity contribution in [2.45, 2.75) is 33.7 Å². The first kappa shape index (κ1) is 19.8. The van der Waals surface area contributed by atoms with E-state index in [0.29, 0.717) is 39.0 Å². The molecule has 0 aliphatic carbocycles. The number of aryl methyl sites for hydroxylation is 2. The van der Waals surface area contributed by atoms with Gasteiger partial charge in [-0.2, -0.15) is 0 Å². The first-order valence-corrected chi connectivity index (χ1v) is 8.51. The topological polar surface area (TPSA) is 80.4 Å². The van der Waals surface area contributed by atoms with E-state index in [9.17, 15) is 9.59 Å². The molecule has 6 nitrogen and oxygen atoms in total. The number of ether oxygens (including phenoxy) is 2. The number of carbonyl (C=O) groups is 2. The summed E-state index contributed by atoms with van der Waals surface area (Å²) in [4.78, 5) is 27.8. The quantitative estimate of drug-likeness (QED) is 0.585. The number of ketones is 1. The van der Waals surface area contributed by atoms with Gasteiger partial charge in [-0.05, 0) is 44.9 Å². The number of Topliss-reactive ketones (excluding diaryl/α,β-unsaturated/α-hetero) is 1. The number of benzene rings is 1. The highest BCUT2D eigenvalue weighted by molar-refractivity contribution is 6.31. The summed E-state index contributed by atoms with van der Waals surface area (Å²) in [6.07, 6.45) is 0. The minimum atomic E-state index is -0.549. The van der Waals surface area contributed by atoms with E-state index in [0.717, 1.165) is 5.56 Å². The Balaban J connectivity index is 2.32. The number of nitrogens with one attached hydrogen (secondary N) is 2. The lowest BCUT2D eigenvalue weighted by Crippen LogP contribution is -2.27. The highest BCUT2D eigenvalue weighted by Crippen LogP contribution is 2.32. The smallest absolute Gasteiger partial charge is 0.339 e. The Morgan fingerprint density at radius 2 is 1.85 bits per heavy atom. The zero-order valence-corrected chi connectivity index (χ0v) is 16.5. The molecule has 26 heavy (non-hydrogen) atoms. The third-order valence-electron chi connectivity index (χ3n) is 4.32. The maximum atomic E-state index is 12.9. The van der Waals surface area contributed by atoms with E-state index >= 15 is 0 Å². The van der Waals surface area contributed by atoms with Crippen molar-refractivity contribution in [1.29, 1.82) is 0 Å². The van der Waals surface area contributed by atoms with Crippen LogP contribution in [0.15, 0.2) is 12.1 Å². The second-order valence-electron chi connectivity index (χ2n) is 6.15. The highest BCUT2D eigenvalue weighted by atomic mass is 35.5. The number of esters is 1. The van der Waals surface area contributed by atoms with E-state index in [1.807, 2.05) is 13.0 Å². The number of hydrogen-bond acceptors (Lipinski definition) is 5. The molecule has 1 unspecified atom stereocenters. The first-order chi connectivity index (χ1) is 12.2. The molecule has 0 radical (unpaired) electrons. The Hall–Kier alpha value is -2.47. The zero-order chi connectivity index (χ0) is 19.6. The second-order valence-corrected chi connectivity index (χ2v) is 6.56. The minimum absolute atomic E-state index is 0.171. The molecule has 0 fully saturated rings. The van der Waals surface area contributed by atoms with E-state index < -0.39 is 12.0 Å². The van der Waals surface area contributed by atoms with E-state index in [-0.39, 0.29) is 5.78 Å². The summed E-state index contributed by atoms with van der Waals surface area (Å²) in [7, 11) is 2.86. The minimum Gasteiger partial charge on any atom is -0.495 e. The molecule has 7 heteroatoms. The Labute approximate surface area is 157 Å². The Bertz CT molecular complexity index is 858. The summed E-state index contributed by atoms with van der Waals surface area (Å²) in [5.41, 5.74) is 3.49. The van der Waals surface area contributed by atoms with Gasteiger partial charge in [-0.1, -0.05) is 11.6 Å². The molecule has 0 saturated heterocycles. The fourth-order valence-corrected chi connectivity index (χ4v) is 3.02. The van der Waals surface area contributed by atoms with E-state index in [2.05, 4.69) is 10.3 Å². The fraction of sp³-hybridized carbons (Fsp3) is 0.368. The van der Waals surface area contributed by atoms with Gasteiger partial charge in [0.2, 0.25) is 5.78 Å². The average Bonchev–Trinajstić information content (AvgIpc) is 2.90. The lowest BCUT2D eigenvalue weighted by atomic mass is 10.0. The molecule has 0 aliphatic rings. The third-order valence-corrected chi connectivity index (χ3v) is 4.73. The molecule has 2 N–H and O–H groups in total. The van der Waals surface area contributed by atoms with Crippen LogP contribution in [-0.4, -0.2) is 37.0 Å². The van der Waals surface area contributed by atoms with Gasteiger partial charge >= 0.3 is 5.97 Å². The van der Waals surface area contributed by atoms with E-state index in [4.69, 9.17) is 21.1 Å². The van der Waals surface area contributed by atoms with Gasteiger partial charge in [-0.15, -0.1) is 0 Å². The molecule has 0 spiro atoms. The summed E-state index contributed by atoms with van der Waals surface area (Å²) >= 11 is 6.12. The summed E-state index contributed by atoms with van der Waals surface area (Å²) < 4.78 is 10.1. The number of hydrogen-bond donors (Lipinski definition) is 2. The number of halogens is 1. The number of rotatable bonds is 6. The molecule has 1 aromatic heterocycles. The van der Waals surface area contributed by atoms with Crippen LogP contribution >= 0.6 is 11.6 Å². The fourth-order valence-electron chi connectivity index (χ4n) is 2.86. The standard InChI is InChI=1S/C19H23ClN2O4/c1-9-7-14(15(25-5)8-13(9)20)21-12(4)18(23)17-10(2)16(11(3)22-17)19(24)26-6/h7-8,12,21-22H,1-6H3. The monoisotopic (exact) mass is 378 g/mol. The summed E-state index contributed by atoms with van der Waals surface area (Å²) in [6.45, 7) is 7.09. The van der Waals surface area contributed by atoms with Crippen LogP contribution in [0.1, 0.15) is 44.6 Å². The van der Waals surface area contributed by atoms with Gasteiger partial charge in [0, 0.05) is 16.8 Å². The van der Waals surface area contributed by atoms with Gasteiger partial charge in [-0.3, -0.25) is 4.79 Å². The Morgan fingerprint density at radius 3 is 2.42 bits per heavy atom. The average molecular weight is 379 g/mol. The van der Waals surface area contributed by atoms with Crippen LogP contribution < -0.4 is 10.1 Å². The van der Waals surface area contributed by atoms with Gasteiger partial charge in [0.25, 0.3) is 0 Å². The third kappa shape index (κ3) is 3.70. The highest BCUT2D eigenvalue weighted by Gasteiger charge is 2.26. The van der Waals surface area contributed by atoms with Crippen LogP contribution in [0.25, 0.3) is 0 Å². The summed E-state index contributed by atoms with van der Waals surface area (Å²) in [6, 6.07) is 2.99. The zero-order valence-electron chi connectivity index (χ0n) is 15.7. The molecule has 140 valence electrons. The van der Waals surface area contributed by atoms with Gasteiger partial charge in [-0.25, -0.2) is 4.79 Å². The summed E-state index contributed by atoms with van der Waals surface area (Å²) in [5.74, 6) is -0.0868. The number of methoxy groups -OCH3 is 2. The number of aromatic nitrogens is 1. The Kier molecular flexibility index (Phi) is 5.97. The van der Waals surface area contributed by atoms with Gasteiger partial charge < -0.3 is 19.8 Å². The molecule has 0 amide bonds. The number of anilines is 1. The van der Waals surface area contributed by atoms with Crippen LogP contribution in [-0.2, 0) is 4.74 Å². The summed E-state index contributed by atoms with van der Waals surface area (Å²) in [5, 5.41) is 3.75. The van der Waals surface area contributed by atoms with Crippen molar-refractivity contribution in [1.82, 2.24) is 4.98 Å². The lowest BCUT2D eigenvalue weighted by molar-refractivity contribution is 0.0599. The predicted molar refractivity (Wildman–Crippen MR) is 102 cm³/mol. The molecule has 0 aliphatic heterocycles. The van der Waals surface area contributed by atoms with Gasteiger partial charge in [0.05, 0.1) is 37.2 Å². The number of aromatic amines is 1. The first-order valence-electron chi connectivity index (χ1n) is 8.13. The predicted octanol–water partition coefficient (Wildman–Crippen LogP) is 4.07. The maximum Gasteiger partial charge on any atom is 0.339 e. The van der Waals surface area contributed by atoms with Crippen molar-refractivity contribution >= 4 is 29.0 Å². The van der Waals surface area contributed by atoms with Crippen LogP contribution in [0.5, 0.6) is 5.75 Å². The maximum absolute atomic E-state index is 12.9. The number of carbonyl (C=O) groups excluding carboxylic acids is 2. The molecule has 0 bridgehead atoms. The van der Waals surface area contributed by atoms with Gasteiger partial charge in [0.15, 0.2) is 0 Å². The SMILES string of the molecule is COC(=O)c1c(C)[nH]c(C(=O)C(C)Nc2cc(C)c(Cl)cc2OC)c1C. The van der Waals surface area contributed by atoms with Gasteiger partial charge in [0.1, 0.15) is 5.75 Å². The lowest BCUT2D eigenvalue weighted by Gasteiger charge is -2.18. The van der Waals surface area contributed by atoms with Crippen LogP contribution in [0.2, 0.25) is 5.02 Å². The van der Waals surface area contributed by atoms with Crippen LogP contribution in [0, 0.1) is 20.8 Å². The normalized spacial score (nSPS) is 11.8. The van der Waals surface area contributed by atoms with Crippen LogP contribution in [0.4, 0.5) is 5.69 Å². The van der Waals surface area contributed by atoms with E-state index in [1.165, 1.54) is 7.11 Å². The molecular weight excluding hydrogens is 356 g/mol. The van der Waals surface area contributed by atoms with E-state index in [1.54, 1.807) is 33.9 Å². The largest absolute Gasteiger partial charge is 0.495 e. The molecule has 2 aromatic rings. The van der Waals surface area contributed by atoms with Crippen molar-refractivity contribution < 1.29 is 19.1 Å². The van der Waals surface area contributed by atoms with Crippen molar-refractivity contribution in [2.24, 2.45) is 0 Å². The Morgan fingerprint density at radius 1 is 1.19 bits per heavy atom. The van der Waals surface area contributed by atoms with Crippen molar-refractivity contribution in [3.05, 3.63) is 45.2 Å². The molecule has 0 saturated carbocycles. The molecule has 1 aromatic carbocycles. The van der Waals surface area contributed by atoms with Crippen molar-refractivity contribution in [3.63, 3.8) is 0 Å². The van der Waals surface area contributed by atoms with Crippen LogP contribution in [0.3, 0.4) is 0 Å². The number of H-pyrrole nitrogens is 1. The van der Waals surface area contributed by atoms with Crippen molar-refractivity contribution in [3.8, 4) is 5.75 Å². The molecule has 2 rings (SSSR count). The molecule has 1 atom stereocenters. The van der Waals surface area contributed by atoms with Crippen molar-refractivity contribution in [2.75, 3.05) is 19.5 Å².